The Morgan fingerprint density at radius 1 is 1.07 bits per heavy atom. The molecule has 4 rings (SSSR count). The highest BCUT2D eigenvalue weighted by atomic mass is 16.7. The molecule has 1 aliphatic rings. The Morgan fingerprint density at radius 3 is 2.76 bits per heavy atom. The normalized spacial score (nSPS) is 11.8. The number of ether oxygens (including phenoxy) is 3. The first-order chi connectivity index (χ1) is 14.1. The Kier molecular flexibility index (Phi) is 5.15. The molecule has 0 amide bonds. The minimum absolute atomic E-state index is 0.216. The largest absolute Gasteiger partial charge is 0.462 e. The second-order valence-corrected chi connectivity index (χ2v) is 6.30. The summed E-state index contributed by atoms with van der Waals surface area (Å²) >= 11 is 0. The van der Waals surface area contributed by atoms with Gasteiger partial charge < -0.3 is 24.8 Å². The third-order valence-corrected chi connectivity index (χ3v) is 4.17. The first-order valence-corrected chi connectivity index (χ1v) is 9.18. The second-order valence-electron chi connectivity index (χ2n) is 6.30. The van der Waals surface area contributed by atoms with Crippen LogP contribution in [0.4, 0.5) is 23.1 Å². The van der Waals surface area contributed by atoms with Crippen LogP contribution in [0, 0.1) is 6.92 Å². The molecule has 148 valence electrons. The maximum Gasteiger partial charge on any atom is 0.340 e. The van der Waals surface area contributed by atoms with Crippen LogP contribution in [0.3, 0.4) is 0 Å². The summed E-state index contributed by atoms with van der Waals surface area (Å²) in [5, 5.41) is 6.35. The van der Waals surface area contributed by atoms with Gasteiger partial charge in [0.1, 0.15) is 5.82 Å². The summed E-state index contributed by atoms with van der Waals surface area (Å²) in [7, 11) is 0. The van der Waals surface area contributed by atoms with E-state index < -0.39 is 0 Å². The van der Waals surface area contributed by atoms with E-state index in [1.807, 2.05) is 31.2 Å². The lowest BCUT2D eigenvalue weighted by Crippen LogP contribution is -2.09. The summed E-state index contributed by atoms with van der Waals surface area (Å²) in [5.41, 5.74) is 2.59. The van der Waals surface area contributed by atoms with Gasteiger partial charge in [0.15, 0.2) is 11.5 Å². The molecule has 0 bridgehead atoms. The van der Waals surface area contributed by atoms with Crippen LogP contribution >= 0.6 is 0 Å². The monoisotopic (exact) mass is 392 g/mol. The maximum atomic E-state index is 12.2. The van der Waals surface area contributed by atoms with Gasteiger partial charge >= 0.3 is 5.97 Å². The third-order valence-electron chi connectivity index (χ3n) is 4.17. The number of aromatic nitrogens is 2. The fourth-order valence-electron chi connectivity index (χ4n) is 2.91. The highest BCUT2D eigenvalue weighted by Gasteiger charge is 2.15. The van der Waals surface area contributed by atoms with Gasteiger partial charge in [-0.2, -0.15) is 4.98 Å². The van der Waals surface area contributed by atoms with Crippen molar-refractivity contribution in [1.82, 2.24) is 9.97 Å². The number of nitrogens with one attached hydrogen (secondary N) is 2. The van der Waals surface area contributed by atoms with Crippen molar-refractivity contribution in [3.8, 4) is 11.5 Å². The Morgan fingerprint density at radius 2 is 1.90 bits per heavy atom. The molecule has 0 fully saturated rings. The molecule has 0 aliphatic carbocycles. The van der Waals surface area contributed by atoms with E-state index in [0.717, 1.165) is 11.4 Å². The molecule has 3 aromatic rings. The lowest BCUT2D eigenvalue weighted by Gasteiger charge is -2.13. The molecule has 0 radical (unpaired) electrons. The Hall–Kier alpha value is -3.81. The van der Waals surface area contributed by atoms with Gasteiger partial charge in [-0.15, -0.1) is 0 Å². The van der Waals surface area contributed by atoms with Gasteiger partial charge in [-0.05, 0) is 38.1 Å². The van der Waals surface area contributed by atoms with Crippen molar-refractivity contribution in [3.05, 3.63) is 59.8 Å². The topological polar surface area (TPSA) is 94.6 Å². The first-order valence-electron chi connectivity index (χ1n) is 9.18. The number of anilines is 4. The number of hydrogen-bond donors (Lipinski definition) is 2. The molecular weight excluding hydrogens is 372 g/mol. The van der Waals surface area contributed by atoms with E-state index in [1.165, 1.54) is 0 Å². The number of esters is 1. The van der Waals surface area contributed by atoms with E-state index >= 15 is 0 Å². The zero-order valence-electron chi connectivity index (χ0n) is 16.1. The van der Waals surface area contributed by atoms with Crippen molar-refractivity contribution in [2.24, 2.45) is 0 Å². The average Bonchev–Trinajstić information content (AvgIpc) is 3.16. The number of benzene rings is 2. The molecule has 0 unspecified atom stereocenters. The van der Waals surface area contributed by atoms with Crippen molar-refractivity contribution in [2.75, 3.05) is 24.0 Å². The summed E-state index contributed by atoms with van der Waals surface area (Å²) in [6.45, 7) is 4.17. The Balaban J connectivity index is 1.57. The van der Waals surface area contributed by atoms with Crippen molar-refractivity contribution in [2.45, 2.75) is 13.8 Å². The van der Waals surface area contributed by atoms with Crippen LogP contribution in [0.1, 0.15) is 23.0 Å². The number of carbonyl (C=O) groups is 1. The van der Waals surface area contributed by atoms with Gasteiger partial charge in [0.25, 0.3) is 0 Å². The fraction of sp³-hybridized carbons (Fsp3) is 0.190. The second kappa shape index (κ2) is 8.05. The van der Waals surface area contributed by atoms with Gasteiger partial charge in [-0.25, -0.2) is 9.78 Å². The van der Waals surface area contributed by atoms with Crippen LogP contribution in [0.25, 0.3) is 0 Å². The van der Waals surface area contributed by atoms with Gasteiger partial charge in [0, 0.05) is 23.5 Å². The molecule has 2 heterocycles. The summed E-state index contributed by atoms with van der Waals surface area (Å²) in [6, 6.07) is 14.5. The molecule has 0 saturated carbocycles. The molecule has 0 spiro atoms. The molecule has 2 N–H and O–H groups in total. The molecule has 0 saturated heterocycles. The molecule has 0 atom stereocenters. The van der Waals surface area contributed by atoms with Crippen molar-refractivity contribution < 1.29 is 19.0 Å². The van der Waals surface area contributed by atoms with Gasteiger partial charge in [0.05, 0.1) is 17.9 Å². The quantitative estimate of drug-likeness (QED) is 0.604. The molecule has 29 heavy (non-hydrogen) atoms. The van der Waals surface area contributed by atoms with Crippen molar-refractivity contribution in [3.63, 3.8) is 0 Å². The zero-order valence-corrected chi connectivity index (χ0v) is 16.1. The van der Waals surface area contributed by atoms with Crippen molar-refractivity contribution in [1.29, 1.82) is 0 Å². The number of carbonyl (C=O) groups excluding carboxylic acids is 1. The third kappa shape index (κ3) is 4.21. The van der Waals surface area contributed by atoms with Gasteiger partial charge in [-0.1, -0.05) is 12.1 Å². The number of rotatable bonds is 6. The van der Waals surface area contributed by atoms with E-state index in [4.69, 9.17) is 14.2 Å². The lowest BCUT2D eigenvalue weighted by molar-refractivity contribution is 0.0527. The molecule has 1 aliphatic heterocycles. The summed E-state index contributed by atoms with van der Waals surface area (Å²) < 4.78 is 15.8. The van der Waals surface area contributed by atoms with Crippen LogP contribution in [-0.2, 0) is 4.74 Å². The molecule has 8 heteroatoms. The predicted molar refractivity (Wildman–Crippen MR) is 108 cm³/mol. The molecular formula is C21H20N4O4. The van der Waals surface area contributed by atoms with Crippen LogP contribution in [-0.4, -0.2) is 29.3 Å². The first kappa shape index (κ1) is 18.5. The average molecular weight is 392 g/mol. The van der Waals surface area contributed by atoms with E-state index in [9.17, 15) is 4.79 Å². The van der Waals surface area contributed by atoms with Crippen LogP contribution in [0.15, 0.2) is 48.5 Å². The highest BCUT2D eigenvalue weighted by Crippen LogP contribution is 2.35. The molecule has 2 aromatic carbocycles. The fourth-order valence-corrected chi connectivity index (χ4v) is 2.91. The highest BCUT2D eigenvalue weighted by molar-refractivity contribution is 5.96. The maximum absolute atomic E-state index is 12.2. The zero-order chi connectivity index (χ0) is 20.2. The Labute approximate surface area is 167 Å². The number of fused-ring (bicyclic) bond motifs is 1. The number of nitrogens with zero attached hydrogens (tertiary/aromatic N) is 2. The van der Waals surface area contributed by atoms with Gasteiger partial charge in [-0.3, -0.25) is 0 Å². The summed E-state index contributed by atoms with van der Waals surface area (Å²) in [5.74, 6) is 1.96. The van der Waals surface area contributed by atoms with Crippen LogP contribution < -0.4 is 20.1 Å². The molecule has 8 nitrogen and oxygen atoms in total. The number of hydrogen-bond acceptors (Lipinski definition) is 8. The molecule has 1 aromatic heterocycles. The lowest BCUT2D eigenvalue weighted by atomic mass is 10.2. The standard InChI is InChI=1S/C21H20N4O4/c1-3-27-20(26)15-6-4-5-7-16(15)24-19-10-13(2)22-21(25-19)23-14-8-9-17-18(11-14)29-12-28-17/h4-11H,3,12H2,1-2H3,(H2,22,23,24,25). The Bertz CT molecular complexity index is 1050. The van der Waals surface area contributed by atoms with E-state index in [1.54, 1.807) is 31.2 Å². The van der Waals surface area contributed by atoms with Crippen LogP contribution in [0.2, 0.25) is 0 Å². The van der Waals surface area contributed by atoms with E-state index in [-0.39, 0.29) is 12.8 Å². The van der Waals surface area contributed by atoms with Crippen LogP contribution in [0.5, 0.6) is 11.5 Å². The summed E-state index contributed by atoms with van der Waals surface area (Å²) in [6.07, 6.45) is 0. The predicted octanol–water partition coefficient (Wildman–Crippen LogP) is 4.18. The number of aryl methyl sites for hydroxylation is 1. The summed E-state index contributed by atoms with van der Waals surface area (Å²) in [4.78, 5) is 21.1. The number of para-hydroxylation sites is 1. The van der Waals surface area contributed by atoms with E-state index in [2.05, 4.69) is 20.6 Å². The van der Waals surface area contributed by atoms with E-state index in [0.29, 0.717) is 41.1 Å². The smallest absolute Gasteiger partial charge is 0.340 e. The van der Waals surface area contributed by atoms with Gasteiger partial charge in [0.2, 0.25) is 12.7 Å². The minimum atomic E-state index is -0.389. The SMILES string of the molecule is CCOC(=O)c1ccccc1Nc1cc(C)nc(Nc2ccc3c(c2)OCO3)n1. The van der Waals surface area contributed by atoms with Crippen molar-refractivity contribution >= 4 is 29.1 Å². The minimum Gasteiger partial charge on any atom is -0.462 e.